The Labute approximate surface area is 125 Å². The molecule has 0 aliphatic carbocycles. The van der Waals surface area contributed by atoms with Crippen molar-refractivity contribution in [2.24, 2.45) is 0 Å². The minimum absolute atomic E-state index is 0.498. The van der Waals surface area contributed by atoms with Gasteiger partial charge in [0, 0.05) is 13.8 Å². The Morgan fingerprint density at radius 3 is 2.43 bits per heavy atom. The van der Waals surface area contributed by atoms with Crippen LogP contribution in [0, 0.1) is 0 Å². The summed E-state index contributed by atoms with van der Waals surface area (Å²) >= 11 is 0. The summed E-state index contributed by atoms with van der Waals surface area (Å²) in [6.45, 7) is 4.71. The van der Waals surface area contributed by atoms with Gasteiger partial charge in [-0.1, -0.05) is 43.7 Å². The molecule has 0 radical (unpaired) electrons. The van der Waals surface area contributed by atoms with Gasteiger partial charge in [0.25, 0.3) is 6.29 Å². The van der Waals surface area contributed by atoms with Gasteiger partial charge in [0.1, 0.15) is 0 Å². The molecule has 114 valence electrons. The highest BCUT2D eigenvalue weighted by Crippen LogP contribution is 2.11. The molecule has 21 heavy (non-hydrogen) atoms. The van der Waals surface area contributed by atoms with Crippen molar-refractivity contribution in [3.63, 3.8) is 0 Å². The monoisotopic (exact) mass is 290 g/mol. The van der Waals surface area contributed by atoms with E-state index in [9.17, 15) is 9.59 Å². The molecule has 1 rings (SSSR count). The summed E-state index contributed by atoms with van der Waals surface area (Å²) in [5.41, 5.74) is 2.24. The number of carbonyl (C=O) groups is 2. The normalized spacial score (nSPS) is 10.9. The van der Waals surface area contributed by atoms with Gasteiger partial charge in [0.15, 0.2) is 0 Å². The number of rotatable bonds is 7. The lowest BCUT2D eigenvalue weighted by Crippen LogP contribution is -2.19. The topological polar surface area (TPSA) is 52.6 Å². The van der Waals surface area contributed by atoms with Crippen LogP contribution in [0.5, 0.6) is 0 Å². The number of benzene rings is 1. The highest BCUT2D eigenvalue weighted by molar-refractivity contribution is 5.68. The van der Waals surface area contributed by atoms with Crippen molar-refractivity contribution in [1.82, 2.24) is 0 Å². The van der Waals surface area contributed by atoms with Gasteiger partial charge in [-0.3, -0.25) is 9.59 Å². The van der Waals surface area contributed by atoms with E-state index in [1.54, 1.807) is 12.2 Å². The zero-order valence-corrected chi connectivity index (χ0v) is 12.8. The van der Waals surface area contributed by atoms with E-state index in [1.807, 2.05) is 12.1 Å². The molecule has 0 amide bonds. The molecule has 0 saturated heterocycles. The van der Waals surface area contributed by atoms with Crippen LogP contribution in [-0.2, 0) is 25.5 Å². The number of esters is 2. The van der Waals surface area contributed by atoms with Gasteiger partial charge in [0.2, 0.25) is 0 Å². The molecule has 0 fully saturated rings. The van der Waals surface area contributed by atoms with Crippen molar-refractivity contribution in [1.29, 1.82) is 0 Å². The number of carbonyl (C=O) groups excluding carboxylic acids is 2. The maximum atomic E-state index is 11.0. The second kappa shape index (κ2) is 8.95. The van der Waals surface area contributed by atoms with Crippen LogP contribution in [0.1, 0.15) is 44.7 Å². The molecule has 4 nitrogen and oxygen atoms in total. The van der Waals surface area contributed by atoms with Crippen molar-refractivity contribution in [2.75, 3.05) is 0 Å². The summed E-state index contributed by atoms with van der Waals surface area (Å²) in [6, 6.07) is 8.09. The third kappa shape index (κ3) is 7.30. The number of ether oxygens (including phenoxy) is 2. The largest absolute Gasteiger partial charge is 0.421 e. The molecular formula is C17H22O4. The molecule has 0 aliphatic heterocycles. The maximum absolute atomic E-state index is 11.0. The third-order valence-electron chi connectivity index (χ3n) is 2.78. The summed E-state index contributed by atoms with van der Waals surface area (Å²) in [5.74, 6) is -0.995. The molecule has 1 aromatic rings. The molecule has 0 atom stereocenters. The number of unbranched alkanes of at least 4 members (excludes halogenated alkanes) is 1. The van der Waals surface area contributed by atoms with Crippen molar-refractivity contribution in [2.45, 2.75) is 46.3 Å². The van der Waals surface area contributed by atoms with E-state index in [-0.39, 0.29) is 0 Å². The highest BCUT2D eigenvalue weighted by Gasteiger charge is 2.10. The smallest absolute Gasteiger partial charge is 0.305 e. The fourth-order valence-corrected chi connectivity index (χ4v) is 1.85. The third-order valence-corrected chi connectivity index (χ3v) is 2.78. The van der Waals surface area contributed by atoms with E-state index in [0.717, 1.165) is 24.8 Å². The number of hydrogen-bond acceptors (Lipinski definition) is 4. The summed E-state index contributed by atoms with van der Waals surface area (Å²) in [6.07, 6.45) is 5.69. The van der Waals surface area contributed by atoms with Crippen LogP contribution in [0.15, 0.2) is 30.3 Å². The van der Waals surface area contributed by atoms with Crippen molar-refractivity contribution in [3.8, 4) is 0 Å². The van der Waals surface area contributed by atoms with Crippen LogP contribution in [-0.4, -0.2) is 18.2 Å². The first-order chi connectivity index (χ1) is 10.0. The fourth-order valence-electron chi connectivity index (χ4n) is 1.85. The second-order valence-corrected chi connectivity index (χ2v) is 4.79. The summed E-state index contributed by atoms with van der Waals surface area (Å²) in [7, 11) is 0. The minimum Gasteiger partial charge on any atom is -0.421 e. The molecular weight excluding hydrogens is 268 g/mol. The van der Waals surface area contributed by atoms with Crippen LogP contribution in [0.25, 0.3) is 6.08 Å². The average Bonchev–Trinajstić information content (AvgIpc) is 2.42. The molecule has 0 unspecified atom stereocenters. The Kier molecular flexibility index (Phi) is 7.23. The maximum Gasteiger partial charge on any atom is 0.305 e. The predicted molar refractivity (Wildman–Crippen MR) is 81.4 cm³/mol. The van der Waals surface area contributed by atoms with Gasteiger partial charge < -0.3 is 9.47 Å². The molecule has 0 heterocycles. The van der Waals surface area contributed by atoms with Crippen molar-refractivity contribution >= 4 is 18.0 Å². The van der Waals surface area contributed by atoms with Gasteiger partial charge in [-0.2, -0.15) is 0 Å². The fraction of sp³-hybridized carbons (Fsp3) is 0.412. The standard InChI is InChI=1S/C17H22O4/c1-4-5-7-15-8-6-9-16(12-15)10-11-17(20-13(2)18)21-14(3)19/h6,8-12,17H,4-5,7H2,1-3H3/b11-10+. The Bertz CT molecular complexity index is 489. The lowest BCUT2D eigenvalue weighted by molar-refractivity contribution is -0.176. The molecule has 0 spiro atoms. The van der Waals surface area contributed by atoms with Crippen molar-refractivity contribution in [3.05, 3.63) is 41.5 Å². The van der Waals surface area contributed by atoms with Crippen LogP contribution >= 0.6 is 0 Å². The molecule has 1 aromatic carbocycles. The van der Waals surface area contributed by atoms with E-state index in [2.05, 4.69) is 19.1 Å². The van der Waals surface area contributed by atoms with Crippen LogP contribution in [0.3, 0.4) is 0 Å². The SMILES string of the molecule is CCCCc1cccc(/C=C/C(OC(C)=O)OC(C)=O)c1. The summed E-state index contributed by atoms with van der Waals surface area (Å²) in [5, 5.41) is 0. The van der Waals surface area contributed by atoms with Gasteiger partial charge in [-0.05, 0) is 30.0 Å². The molecule has 4 heteroatoms. The first-order valence-corrected chi connectivity index (χ1v) is 7.13. The van der Waals surface area contributed by atoms with Gasteiger partial charge >= 0.3 is 11.9 Å². The molecule has 0 bridgehead atoms. The van der Waals surface area contributed by atoms with Crippen molar-refractivity contribution < 1.29 is 19.1 Å². The van der Waals surface area contributed by atoms with Gasteiger partial charge in [-0.15, -0.1) is 0 Å². The Morgan fingerprint density at radius 2 is 1.86 bits per heavy atom. The zero-order valence-electron chi connectivity index (χ0n) is 12.8. The van der Waals surface area contributed by atoms with E-state index >= 15 is 0 Å². The second-order valence-electron chi connectivity index (χ2n) is 4.79. The summed E-state index contributed by atoms with van der Waals surface area (Å²) < 4.78 is 9.82. The average molecular weight is 290 g/mol. The zero-order chi connectivity index (χ0) is 15.7. The lowest BCUT2D eigenvalue weighted by Gasteiger charge is -2.12. The van der Waals surface area contributed by atoms with E-state index in [1.165, 1.54) is 19.4 Å². The number of aryl methyl sites for hydroxylation is 1. The van der Waals surface area contributed by atoms with Gasteiger partial charge in [-0.25, -0.2) is 0 Å². The minimum atomic E-state index is -0.987. The quantitative estimate of drug-likeness (QED) is 0.569. The Morgan fingerprint density at radius 1 is 1.19 bits per heavy atom. The van der Waals surface area contributed by atoms with Crippen LogP contribution in [0.2, 0.25) is 0 Å². The summed E-state index contributed by atoms with van der Waals surface area (Å²) in [4.78, 5) is 21.9. The van der Waals surface area contributed by atoms with E-state index < -0.39 is 18.2 Å². The van der Waals surface area contributed by atoms with E-state index in [0.29, 0.717) is 0 Å². The van der Waals surface area contributed by atoms with E-state index in [4.69, 9.17) is 9.47 Å². The highest BCUT2D eigenvalue weighted by atomic mass is 16.7. The van der Waals surface area contributed by atoms with Gasteiger partial charge in [0.05, 0.1) is 0 Å². The number of hydrogen-bond donors (Lipinski definition) is 0. The first-order valence-electron chi connectivity index (χ1n) is 7.13. The first kappa shape index (κ1) is 17.0. The molecule has 0 aromatic heterocycles. The molecule has 0 aliphatic rings. The predicted octanol–water partition coefficient (Wildman–Crippen LogP) is 3.49. The Hall–Kier alpha value is -2.10. The molecule has 0 saturated carbocycles. The Balaban J connectivity index is 2.75. The van der Waals surface area contributed by atoms with Crippen LogP contribution in [0.4, 0.5) is 0 Å². The lowest BCUT2D eigenvalue weighted by atomic mass is 10.1. The molecule has 0 N–H and O–H groups in total. The van der Waals surface area contributed by atoms with Crippen LogP contribution < -0.4 is 0 Å².